The topological polar surface area (TPSA) is 61.7 Å². The second-order valence-corrected chi connectivity index (χ2v) is 8.70. The van der Waals surface area contributed by atoms with Gasteiger partial charge >= 0.3 is 6.55 Å². The van der Waals surface area contributed by atoms with Crippen LogP contribution in [0.2, 0.25) is 0 Å². The van der Waals surface area contributed by atoms with Gasteiger partial charge in [0.2, 0.25) is 10.0 Å². The molecule has 0 radical (unpaired) electrons. The molecule has 0 atom stereocenters. The average Bonchev–Trinajstić information content (AvgIpc) is 2.98. The van der Waals surface area contributed by atoms with E-state index in [4.69, 9.17) is 0 Å². The van der Waals surface area contributed by atoms with E-state index >= 15 is 0 Å². The van der Waals surface area contributed by atoms with E-state index in [9.17, 15) is 17.2 Å². The van der Waals surface area contributed by atoms with Crippen LogP contribution in [0.15, 0.2) is 11.1 Å². The molecule has 0 bridgehead atoms. The first kappa shape index (κ1) is 18.7. The molecule has 0 spiro atoms. The monoisotopic (exact) mass is 377 g/mol. The number of likely N-dealkylation sites (N-methyl/N-ethyl adjacent to an activating group) is 1. The summed E-state index contributed by atoms with van der Waals surface area (Å²) in [6, 6.07) is 0.394. The minimum absolute atomic E-state index is 0.0174. The zero-order valence-electron chi connectivity index (χ0n) is 14.6. The highest BCUT2D eigenvalue weighted by Crippen LogP contribution is 2.27. The van der Waals surface area contributed by atoms with Crippen molar-refractivity contribution in [2.45, 2.75) is 37.3 Å². The third-order valence-electron chi connectivity index (χ3n) is 5.28. The van der Waals surface area contributed by atoms with Crippen molar-refractivity contribution in [3.8, 4) is 0 Å². The highest BCUT2D eigenvalue weighted by molar-refractivity contribution is 7.89. The fraction of sp³-hybridized carbons (Fsp3) is 0.800. The van der Waals surface area contributed by atoms with Gasteiger partial charge in [0.25, 0.3) is 0 Å². The SMILES string of the molecule is Cc1c(S(=O)(=O)N2CCC(N3CCN(C)CC3)CC2)cnn1C(F)F. The standard InChI is InChI=1S/C15H25F2N5O2S/c1-12-14(11-18-22(12)15(16)17)25(23,24)21-5-3-13(4-6-21)20-9-7-19(2)8-10-20/h11,13,15H,3-10H2,1-2H3. The Balaban J connectivity index is 1.66. The van der Waals surface area contributed by atoms with E-state index < -0.39 is 16.6 Å². The predicted octanol–water partition coefficient (Wildman–Crippen LogP) is 0.987. The summed E-state index contributed by atoms with van der Waals surface area (Å²) in [4.78, 5) is 4.61. The molecular formula is C15H25F2N5O2S. The Hall–Kier alpha value is -1.10. The van der Waals surface area contributed by atoms with Gasteiger partial charge in [-0.15, -0.1) is 0 Å². The van der Waals surface area contributed by atoms with Crippen LogP contribution < -0.4 is 0 Å². The molecule has 2 fully saturated rings. The first-order valence-corrected chi connectivity index (χ1v) is 9.99. The van der Waals surface area contributed by atoms with Crippen LogP contribution in [0.4, 0.5) is 8.78 Å². The van der Waals surface area contributed by atoms with E-state index in [1.54, 1.807) is 0 Å². The molecule has 7 nitrogen and oxygen atoms in total. The van der Waals surface area contributed by atoms with Crippen LogP contribution in [0.5, 0.6) is 0 Å². The van der Waals surface area contributed by atoms with Crippen LogP contribution >= 0.6 is 0 Å². The normalized spacial score (nSPS) is 22.8. The molecule has 1 aromatic rings. The van der Waals surface area contributed by atoms with Gasteiger partial charge < -0.3 is 4.90 Å². The van der Waals surface area contributed by atoms with E-state index in [1.807, 2.05) is 0 Å². The Morgan fingerprint density at radius 2 is 1.72 bits per heavy atom. The van der Waals surface area contributed by atoms with E-state index in [-0.39, 0.29) is 10.6 Å². The van der Waals surface area contributed by atoms with Gasteiger partial charge in [0.15, 0.2) is 0 Å². The van der Waals surface area contributed by atoms with Crippen molar-refractivity contribution in [2.24, 2.45) is 0 Å². The number of aromatic nitrogens is 2. The quantitative estimate of drug-likeness (QED) is 0.783. The number of sulfonamides is 1. The van der Waals surface area contributed by atoms with Gasteiger partial charge in [-0.1, -0.05) is 0 Å². The van der Waals surface area contributed by atoms with Crippen LogP contribution in [0.25, 0.3) is 0 Å². The van der Waals surface area contributed by atoms with Crippen LogP contribution in [0.1, 0.15) is 25.1 Å². The Kier molecular flexibility index (Phi) is 5.42. The molecule has 10 heteroatoms. The number of hydrogen-bond donors (Lipinski definition) is 0. The van der Waals surface area contributed by atoms with Crippen molar-refractivity contribution in [1.29, 1.82) is 0 Å². The van der Waals surface area contributed by atoms with Crippen molar-refractivity contribution in [3.05, 3.63) is 11.9 Å². The molecule has 0 saturated carbocycles. The number of alkyl halides is 2. The highest BCUT2D eigenvalue weighted by Gasteiger charge is 2.34. The average molecular weight is 377 g/mol. The molecule has 2 aliphatic rings. The van der Waals surface area contributed by atoms with Gasteiger partial charge in [0, 0.05) is 45.3 Å². The molecule has 0 aliphatic carbocycles. The van der Waals surface area contributed by atoms with Gasteiger partial charge in [-0.2, -0.15) is 18.2 Å². The minimum Gasteiger partial charge on any atom is -0.304 e. The van der Waals surface area contributed by atoms with Crippen molar-refractivity contribution >= 4 is 10.0 Å². The molecule has 2 saturated heterocycles. The molecule has 25 heavy (non-hydrogen) atoms. The van der Waals surface area contributed by atoms with Crippen molar-refractivity contribution in [3.63, 3.8) is 0 Å². The Morgan fingerprint density at radius 1 is 1.12 bits per heavy atom. The smallest absolute Gasteiger partial charge is 0.304 e. The lowest BCUT2D eigenvalue weighted by Gasteiger charge is -2.41. The van der Waals surface area contributed by atoms with Crippen LogP contribution in [0.3, 0.4) is 0 Å². The fourth-order valence-corrected chi connectivity index (χ4v) is 5.25. The van der Waals surface area contributed by atoms with E-state index in [1.165, 1.54) is 11.2 Å². The third kappa shape index (κ3) is 3.71. The number of piperidine rings is 1. The lowest BCUT2D eigenvalue weighted by Crippen LogP contribution is -2.52. The number of hydrogen-bond acceptors (Lipinski definition) is 5. The van der Waals surface area contributed by atoms with Crippen molar-refractivity contribution in [1.82, 2.24) is 23.9 Å². The fourth-order valence-electron chi connectivity index (χ4n) is 3.63. The van der Waals surface area contributed by atoms with Gasteiger partial charge in [-0.05, 0) is 26.8 Å². The highest BCUT2D eigenvalue weighted by atomic mass is 32.2. The maximum absolute atomic E-state index is 12.8. The zero-order chi connectivity index (χ0) is 18.2. The van der Waals surface area contributed by atoms with Crippen molar-refractivity contribution in [2.75, 3.05) is 46.3 Å². The van der Waals surface area contributed by atoms with E-state index in [2.05, 4.69) is 21.9 Å². The summed E-state index contributed by atoms with van der Waals surface area (Å²) in [5.74, 6) is 0. The predicted molar refractivity (Wildman–Crippen MR) is 89.1 cm³/mol. The molecule has 0 unspecified atom stereocenters. The maximum atomic E-state index is 12.8. The Morgan fingerprint density at radius 3 is 2.24 bits per heavy atom. The molecule has 0 amide bonds. The summed E-state index contributed by atoms with van der Waals surface area (Å²) < 4.78 is 53.1. The second-order valence-electron chi connectivity index (χ2n) is 6.79. The Bertz CT molecular complexity index is 693. The van der Waals surface area contributed by atoms with Crippen LogP contribution in [-0.2, 0) is 10.0 Å². The minimum atomic E-state index is -3.78. The number of rotatable bonds is 4. The summed E-state index contributed by atoms with van der Waals surface area (Å²) in [7, 11) is -1.67. The maximum Gasteiger partial charge on any atom is 0.333 e. The number of halogens is 2. The third-order valence-corrected chi connectivity index (χ3v) is 7.28. The van der Waals surface area contributed by atoms with Crippen molar-refractivity contribution < 1.29 is 17.2 Å². The lowest BCUT2D eigenvalue weighted by molar-refractivity contribution is 0.0541. The van der Waals surface area contributed by atoms with Crippen LogP contribution in [0, 0.1) is 6.92 Å². The van der Waals surface area contributed by atoms with Gasteiger partial charge in [0.05, 0.1) is 11.9 Å². The summed E-state index contributed by atoms with van der Waals surface area (Å²) >= 11 is 0. The van der Waals surface area contributed by atoms with Gasteiger partial charge in [-0.25, -0.2) is 13.1 Å². The largest absolute Gasteiger partial charge is 0.333 e. The number of nitrogens with zero attached hydrogens (tertiary/aromatic N) is 5. The lowest BCUT2D eigenvalue weighted by atomic mass is 10.0. The molecule has 2 aliphatic heterocycles. The molecule has 0 N–H and O–H groups in total. The van der Waals surface area contributed by atoms with E-state index in [0.29, 0.717) is 23.8 Å². The number of piperazine rings is 1. The second kappa shape index (κ2) is 7.26. The molecule has 3 heterocycles. The zero-order valence-corrected chi connectivity index (χ0v) is 15.4. The molecule has 1 aromatic heterocycles. The van der Waals surface area contributed by atoms with Gasteiger partial charge in [-0.3, -0.25) is 4.90 Å². The molecule has 3 rings (SSSR count). The molecular weight excluding hydrogens is 352 g/mol. The summed E-state index contributed by atoms with van der Waals surface area (Å²) in [6.45, 7) is 3.43. The first-order valence-electron chi connectivity index (χ1n) is 8.55. The molecule has 0 aromatic carbocycles. The Labute approximate surface area is 147 Å². The summed E-state index contributed by atoms with van der Waals surface area (Å²) in [5.41, 5.74) is -0.0174. The van der Waals surface area contributed by atoms with Crippen LogP contribution in [-0.4, -0.2) is 84.7 Å². The summed E-state index contributed by atoms with van der Waals surface area (Å²) in [5, 5.41) is 3.52. The first-order chi connectivity index (χ1) is 11.8. The van der Waals surface area contributed by atoms with E-state index in [0.717, 1.165) is 45.2 Å². The molecule has 142 valence electrons. The summed E-state index contributed by atoms with van der Waals surface area (Å²) in [6.07, 6.45) is 2.57. The van der Waals surface area contributed by atoms with Gasteiger partial charge in [0.1, 0.15) is 4.90 Å².